The van der Waals surface area contributed by atoms with Gasteiger partial charge in [0.15, 0.2) is 5.78 Å². The van der Waals surface area contributed by atoms with E-state index in [4.69, 9.17) is 0 Å². The molecule has 1 aromatic rings. The van der Waals surface area contributed by atoms with Crippen LogP contribution in [0.25, 0.3) is 5.57 Å². The molecule has 0 aliphatic heterocycles. The zero-order valence-electron chi connectivity index (χ0n) is 14.9. The van der Waals surface area contributed by atoms with Crippen molar-refractivity contribution in [2.24, 2.45) is 10.8 Å². The molecule has 0 amide bonds. The summed E-state index contributed by atoms with van der Waals surface area (Å²) < 4.78 is 0. The van der Waals surface area contributed by atoms with Crippen LogP contribution in [0.4, 0.5) is 0 Å². The number of rotatable bonds is 4. The van der Waals surface area contributed by atoms with Gasteiger partial charge in [-0.3, -0.25) is 9.59 Å². The molecule has 22 heavy (non-hydrogen) atoms. The Morgan fingerprint density at radius 3 is 1.82 bits per heavy atom. The van der Waals surface area contributed by atoms with Crippen molar-refractivity contribution in [2.75, 3.05) is 0 Å². The van der Waals surface area contributed by atoms with Crippen LogP contribution in [0, 0.1) is 17.8 Å². The average Bonchev–Trinajstić information content (AvgIpc) is 2.36. The van der Waals surface area contributed by atoms with Gasteiger partial charge in [-0.15, -0.1) is 0 Å². The van der Waals surface area contributed by atoms with Gasteiger partial charge in [0.05, 0.1) is 0 Å². The fourth-order valence-corrected chi connectivity index (χ4v) is 1.82. The molecule has 2 nitrogen and oxygen atoms in total. The molecule has 2 heteroatoms. The Hall–Kier alpha value is -1.70. The third kappa shape index (κ3) is 5.25. The third-order valence-electron chi connectivity index (χ3n) is 3.65. The number of Topliss-reactive ketones (excluding diaryl/α,β-unsaturated/α-hetero) is 1. The van der Waals surface area contributed by atoms with Gasteiger partial charge in [-0.05, 0) is 24.1 Å². The molecule has 0 spiro atoms. The first-order valence-electron chi connectivity index (χ1n) is 7.76. The maximum absolute atomic E-state index is 12.4. The maximum Gasteiger partial charge on any atom is 0.161 e. The molecule has 0 atom stereocenters. The van der Waals surface area contributed by atoms with Gasteiger partial charge >= 0.3 is 0 Å². The van der Waals surface area contributed by atoms with E-state index in [1.807, 2.05) is 72.7 Å². The highest BCUT2D eigenvalue weighted by Crippen LogP contribution is 2.27. The largest absolute Gasteiger partial charge is 0.299 e. The first-order chi connectivity index (χ1) is 9.91. The van der Waals surface area contributed by atoms with E-state index >= 15 is 0 Å². The Morgan fingerprint density at radius 2 is 1.41 bits per heavy atom. The molecule has 1 aromatic carbocycles. The molecule has 0 fully saturated rings. The molecule has 0 aliphatic carbocycles. The van der Waals surface area contributed by atoms with Crippen LogP contribution in [0.2, 0.25) is 0 Å². The summed E-state index contributed by atoms with van der Waals surface area (Å²) in [5, 5.41) is 0. The highest BCUT2D eigenvalue weighted by Gasteiger charge is 2.25. The minimum Gasteiger partial charge on any atom is -0.299 e. The summed E-state index contributed by atoms with van der Waals surface area (Å²) >= 11 is 0. The van der Waals surface area contributed by atoms with E-state index in [1.165, 1.54) is 0 Å². The van der Waals surface area contributed by atoms with Crippen molar-refractivity contribution in [2.45, 2.75) is 54.9 Å². The topological polar surface area (TPSA) is 34.1 Å². The van der Waals surface area contributed by atoms with Gasteiger partial charge in [0.1, 0.15) is 5.78 Å². The first kappa shape index (κ1) is 18.3. The summed E-state index contributed by atoms with van der Waals surface area (Å²) in [5.74, 6) is 0.186. The summed E-state index contributed by atoms with van der Waals surface area (Å²) in [5.41, 5.74) is 2.06. The lowest BCUT2D eigenvalue weighted by Gasteiger charge is -2.19. The maximum atomic E-state index is 12.4. The van der Waals surface area contributed by atoms with Crippen molar-refractivity contribution >= 4 is 17.1 Å². The quantitative estimate of drug-likeness (QED) is 0.733. The van der Waals surface area contributed by atoms with Crippen molar-refractivity contribution in [1.29, 1.82) is 0 Å². The Kier molecular flexibility index (Phi) is 5.50. The molecule has 0 bridgehead atoms. The second-order valence-electron chi connectivity index (χ2n) is 8.00. The lowest BCUT2D eigenvalue weighted by atomic mass is 9.83. The van der Waals surface area contributed by atoms with E-state index in [2.05, 4.69) is 0 Å². The number of ketones is 2. The van der Waals surface area contributed by atoms with Crippen molar-refractivity contribution in [1.82, 2.24) is 0 Å². The van der Waals surface area contributed by atoms with Gasteiger partial charge in [0, 0.05) is 17.3 Å². The molecule has 0 saturated carbocycles. The van der Waals surface area contributed by atoms with Gasteiger partial charge in [0.25, 0.3) is 0 Å². The van der Waals surface area contributed by atoms with E-state index in [1.54, 1.807) is 6.08 Å². The zero-order chi connectivity index (χ0) is 17.1. The number of aryl methyl sites for hydroxylation is 1. The second kappa shape index (κ2) is 6.60. The van der Waals surface area contributed by atoms with Gasteiger partial charge in [-0.25, -0.2) is 0 Å². The van der Waals surface area contributed by atoms with Crippen LogP contribution in [0.15, 0.2) is 30.3 Å². The molecule has 0 N–H and O–H groups in total. The highest BCUT2D eigenvalue weighted by molar-refractivity contribution is 6.03. The third-order valence-corrected chi connectivity index (χ3v) is 3.65. The predicted molar refractivity (Wildman–Crippen MR) is 92.7 cm³/mol. The Balaban J connectivity index is 3.22. The first-order valence-corrected chi connectivity index (χ1v) is 7.76. The second-order valence-corrected chi connectivity index (χ2v) is 8.00. The van der Waals surface area contributed by atoms with Crippen LogP contribution >= 0.6 is 0 Å². The Labute approximate surface area is 134 Å². The summed E-state index contributed by atoms with van der Waals surface area (Å²) in [4.78, 5) is 24.8. The number of benzene rings is 1. The Bertz CT molecular complexity index is 576. The van der Waals surface area contributed by atoms with E-state index in [0.29, 0.717) is 0 Å². The molecule has 0 aromatic heterocycles. The zero-order valence-corrected chi connectivity index (χ0v) is 14.9. The molecular formula is C20H28O2. The molecule has 0 unspecified atom stereocenters. The van der Waals surface area contributed by atoms with E-state index in [0.717, 1.165) is 16.7 Å². The summed E-state index contributed by atoms with van der Waals surface area (Å²) in [6.07, 6.45) is 1.93. The molecule has 0 heterocycles. The smallest absolute Gasteiger partial charge is 0.161 e. The van der Waals surface area contributed by atoms with Crippen LogP contribution in [0.5, 0.6) is 0 Å². The van der Waals surface area contributed by atoms with Crippen LogP contribution in [-0.2, 0) is 9.59 Å². The van der Waals surface area contributed by atoms with Crippen LogP contribution < -0.4 is 0 Å². The van der Waals surface area contributed by atoms with E-state index < -0.39 is 10.8 Å². The van der Waals surface area contributed by atoms with E-state index in [9.17, 15) is 9.59 Å². The normalized spacial score (nSPS) is 13.1. The Morgan fingerprint density at radius 1 is 0.909 bits per heavy atom. The summed E-state index contributed by atoms with van der Waals surface area (Å²) in [6.45, 7) is 13.4. The minimum atomic E-state index is -0.444. The number of hydrogen-bond acceptors (Lipinski definition) is 2. The number of carbonyl (C=O) groups is 2. The van der Waals surface area contributed by atoms with Gasteiger partial charge < -0.3 is 0 Å². The molecular weight excluding hydrogens is 272 g/mol. The van der Waals surface area contributed by atoms with Crippen LogP contribution in [0.3, 0.4) is 0 Å². The van der Waals surface area contributed by atoms with Gasteiger partial charge in [-0.1, -0.05) is 71.4 Å². The summed E-state index contributed by atoms with van der Waals surface area (Å²) in [6, 6.07) is 7.97. The number of allylic oxidation sites excluding steroid dienone is 2. The fraction of sp³-hybridized carbons (Fsp3) is 0.500. The lowest BCUT2D eigenvalue weighted by molar-refractivity contribution is -0.125. The molecule has 0 aliphatic rings. The van der Waals surface area contributed by atoms with Crippen LogP contribution in [-0.4, -0.2) is 11.6 Å². The van der Waals surface area contributed by atoms with Crippen molar-refractivity contribution in [3.8, 4) is 0 Å². The summed E-state index contributed by atoms with van der Waals surface area (Å²) in [7, 11) is 0. The molecule has 120 valence electrons. The number of hydrogen-bond donors (Lipinski definition) is 0. The molecule has 0 radical (unpaired) electrons. The van der Waals surface area contributed by atoms with Crippen molar-refractivity contribution < 1.29 is 9.59 Å². The van der Waals surface area contributed by atoms with Crippen molar-refractivity contribution in [3.05, 3.63) is 41.5 Å². The molecule has 0 saturated heterocycles. The minimum absolute atomic E-state index is 0.0461. The standard InChI is InChI=1S/C20H28O2/c1-14-8-10-15(11-9-14)16(12-17(21)19(2,3)4)13-18(22)20(5,6)7/h8-12H,13H2,1-7H3/b16-12+. The van der Waals surface area contributed by atoms with Crippen molar-refractivity contribution in [3.63, 3.8) is 0 Å². The SMILES string of the molecule is Cc1ccc(/C(=C/C(=O)C(C)(C)C)CC(=O)C(C)(C)C)cc1. The van der Waals surface area contributed by atoms with Crippen LogP contribution in [0.1, 0.15) is 59.1 Å². The predicted octanol–water partition coefficient (Wildman–Crippen LogP) is 5.00. The molecule has 1 rings (SSSR count). The fourth-order valence-electron chi connectivity index (χ4n) is 1.82. The van der Waals surface area contributed by atoms with E-state index in [-0.39, 0.29) is 18.0 Å². The average molecular weight is 300 g/mol. The highest BCUT2D eigenvalue weighted by atomic mass is 16.1. The van der Waals surface area contributed by atoms with Gasteiger partial charge in [-0.2, -0.15) is 0 Å². The number of carbonyl (C=O) groups excluding carboxylic acids is 2. The monoisotopic (exact) mass is 300 g/mol. The van der Waals surface area contributed by atoms with Gasteiger partial charge in [0.2, 0.25) is 0 Å². The lowest BCUT2D eigenvalue weighted by Crippen LogP contribution is -2.21.